The molecule has 2 N–H and O–H groups in total. The molecule has 2 saturated carbocycles. The molecule has 0 aromatic heterocycles. The number of ether oxygens (including phenoxy) is 1. The van der Waals surface area contributed by atoms with Gasteiger partial charge in [-0.2, -0.15) is 0 Å². The Morgan fingerprint density at radius 1 is 1.15 bits per heavy atom. The first-order valence-electron chi connectivity index (χ1n) is 8.17. The van der Waals surface area contributed by atoms with Gasteiger partial charge >= 0.3 is 0 Å². The van der Waals surface area contributed by atoms with Gasteiger partial charge in [0.1, 0.15) is 5.75 Å². The third-order valence-electron chi connectivity index (χ3n) is 5.64. The molecule has 2 nitrogen and oxygen atoms in total. The molecule has 0 amide bonds. The second-order valence-electron chi connectivity index (χ2n) is 6.56. The standard InChI is InChI=1S/C18H27NO/c1-20-15-8-6-13(7-9-15)18-12-14-4-2-3-5-16(14)17(18)10-11-19/h6-9,14,16-18H,2-5,10-12,19H2,1H3. The lowest BCUT2D eigenvalue weighted by Crippen LogP contribution is -2.22. The van der Waals surface area contributed by atoms with Gasteiger partial charge in [-0.1, -0.05) is 31.4 Å². The first-order chi connectivity index (χ1) is 9.83. The summed E-state index contributed by atoms with van der Waals surface area (Å²) in [6.07, 6.45) is 8.31. The Hall–Kier alpha value is -1.02. The van der Waals surface area contributed by atoms with E-state index in [4.69, 9.17) is 10.5 Å². The quantitative estimate of drug-likeness (QED) is 0.901. The van der Waals surface area contributed by atoms with Gasteiger partial charge in [0.2, 0.25) is 0 Å². The topological polar surface area (TPSA) is 35.2 Å². The first-order valence-corrected chi connectivity index (χ1v) is 8.17. The van der Waals surface area contributed by atoms with Crippen LogP contribution in [0.15, 0.2) is 24.3 Å². The third-order valence-corrected chi connectivity index (χ3v) is 5.64. The number of methoxy groups -OCH3 is 1. The molecule has 0 aliphatic heterocycles. The van der Waals surface area contributed by atoms with Crippen LogP contribution in [0.5, 0.6) is 5.75 Å². The summed E-state index contributed by atoms with van der Waals surface area (Å²) in [5.74, 6) is 4.36. The minimum atomic E-state index is 0.720. The fraction of sp³-hybridized carbons (Fsp3) is 0.667. The maximum absolute atomic E-state index is 5.90. The van der Waals surface area contributed by atoms with Crippen LogP contribution in [0.2, 0.25) is 0 Å². The first kappa shape index (κ1) is 13.9. The average molecular weight is 273 g/mol. The number of rotatable bonds is 4. The van der Waals surface area contributed by atoms with E-state index in [1.54, 1.807) is 7.11 Å². The highest BCUT2D eigenvalue weighted by atomic mass is 16.5. The van der Waals surface area contributed by atoms with Crippen molar-refractivity contribution in [3.8, 4) is 5.75 Å². The van der Waals surface area contributed by atoms with Crippen LogP contribution in [0.3, 0.4) is 0 Å². The Bertz CT molecular complexity index is 428. The number of hydrogen-bond acceptors (Lipinski definition) is 2. The van der Waals surface area contributed by atoms with Crippen molar-refractivity contribution in [1.82, 2.24) is 0 Å². The molecule has 2 aliphatic rings. The summed E-state index contributed by atoms with van der Waals surface area (Å²) in [5, 5.41) is 0. The molecule has 1 aromatic rings. The normalized spacial score (nSPS) is 32.9. The molecular weight excluding hydrogens is 246 g/mol. The molecular formula is C18H27NO. The van der Waals surface area contributed by atoms with E-state index < -0.39 is 0 Å². The van der Waals surface area contributed by atoms with Gasteiger partial charge in [-0.15, -0.1) is 0 Å². The van der Waals surface area contributed by atoms with Crippen molar-refractivity contribution in [3.63, 3.8) is 0 Å². The van der Waals surface area contributed by atoms with Gasteiger partial charge in [0, 0.05) is 0 Å². The maximum Gasteiger partial charge on any atom is 0.118 e. The van der Waals surface area contributed by atoms with Crippen molar-refractivity contribution >= 4 is 0 Å². The highest BCUT2D eigenvalue weighted by Gasteiger charge is 2.43. The summed E-state index contributed by atoms with van der Waals surface area (Å²) in [6, 6.07) is 8.75. The minimum Gasteiger partial charge on any atom is -0.497 e. The SMILES string of the molecule is COc1ccc(C2CC3CCCCC3C2CCN)cc1. The lowest BCUT2D eigenvalue weighted by Gasteiger charge is -2.30. The molecule has 4 atom stereocenters. The third kappa shape index (κ3) is 2.58. The van der Waals surface area contributed by atoms with E-state index in [-0.39, 0.29) is 0 Å². The van der Waals surface area contributed by atoms with Gasteiger partial charge in [-0.05, 0) is 67.2 Å². The zero-order chi connectivity index (χ0) is 13.9. The molecule has 0 radical (unpaired) electrons. The Labute approximate surface area is 122 Å². The van der Waals surface area contributed by atoms with Gasteiger partial charge in [0.05, 0.1) is 7.11 Å². The number of benzene rings is 1. The Balaban J connectivity index is 1.82. The second kappa shape index (κ2) is 6.17. The monoisotopic (exact) mass is 273 g/mol. The molecule has 0 heterocycles. The van der Waals surface area contributed by atoms with E-state index >= 15 is 0 Å². The number of hydrogen-bond donors (Lipinski definition) is 1. The van der Waals surface area contributed by atoms with E-state index in [9.17, 15) is 0 Å². The molecule has 0 bridgehead atoms. The smallest absolute Gasteiger partial charge is 0.118 e. The van der Waals surface area contributed by atoms with Crippen molar-refractivity contribution in [2.24, 2.45) is 23.5 Å². The van der Waals surface area contributed by atoms with Gasteiger partial charge in [0.15, 0.2) is 0 Å². The second-order valence-corrected chi connectivity index (χ2v) is 6.56. The maximum atomic E-state index is 5.90. The summed E-state index contributed by atoms with van der Waals surface area (Å²) >= 11 is 0. The Morgan fingerprint density at radius 3 is 2.60 bits per heavy atom. The van der Waals surface area contributed by atoms with Crippen LogP contribution in [0.25, 0.3) is 0 Å². The van der Waals surface area contributed by atoms with Crippen LogP contribution in [0.4, 0.5) is 0 Å². The molecule has 0 saturated heterocycles. The molecule has 110 valence electrons. The highest BCUT2D eigenvalue weighted by Crippen LogP contribution is 2.54. The largest absolute Gasteiger partial charge is 0.497 e. The number of fused-ring (bicyclic) bond motifs is 1. The molecule has 2 heteroatoms. The summed E-state index contributed by atoms with van der Waals surface area (Å²) in [7, 11) is 1.73. The van der Waals surface area contributed by atoms with Gasteiger partial charge in [-0.3, -0.25) is 0 Å². The van der Waals surface area contributed by atoms with E-state index in [0.29, 0.717) is 0 Å². The lowest BCUT2D eigenvalue weighted by molar-refractivity contribution is 0.219. The van der Waals surface area contributed by atoms with Crippen LogP contribution < -0.4 is 10.5 Å². The van der Waals surface area contributed by atoms with Crippen LogP contribution in [-0.2, 0) is 0 Å². The zero-order valence-electron chi connectivity index (χ0n) is 12.6. The summed E-state index contributed by atoms with van der Waals surface area (Å²) in [6.45, 7) is 0.834. The summed E-state index contributed by atoms with van der Waals surface area (Å²) < 4.78 is 5.28. The van der Waals surface area contributed by atoms with Crippen LogP contribution in [-0.4, -0.2) is 13.7 Å². The molecule has 0 spiro atoms. The molecule has 1 aromatic carbocycles. The predicted molar refractivity (Wildman–Crippen MR) is 83.0 cm³/mol. The lowest BCUT2D eigenvalue weighted by atomic mass is 9.76. The molecule has 2 fully saturated rings. The van der Waals surface area contributed by atoms with Crippen LogP contribution in [0.1, 0.15) is 50.0 Å². The predicted octanol–water partition coefficient (Wildman–Crippen LogP) is 3.95. The molecule has 4 unspecified atom stereocenters. The Morgan fingerprint density at radius 2 is 1.90 bits per heavy atom. The Kier molecular flexibility index (Phi) is 4.30. The molecule has 20 heavy (non-hydrogen) atoms. The fourth-order valence-corrected chi connectivity index (χ4v) is 4.73. The van der Waals surface area contributed by atoms with Crippen molar-refractivity contribution in [2.45, 2.75) is 44.4 Å². The average Bonchev–Trinajstić information content (AvgIpc) is 2.87. The summed E-state index contributed by atoms with van der Waals surface area (Å²) in [5.41, 5.74) is 7.39. The van der Waals surface area contributed by atoms with E-state index in [2.05, 4.69) is 24.3 Å². The van der Waals surface area contributed by atoms with Crippen molar-refractivity contribution in [3.05, 3.63) is 29.8 Å². The van der Waals surface area contributed by atoms with E-state index in [1.807, 2.05) is 0 Å². The van der Waals surface area contributed by atoms with Gasteiger partial charge in [0.25, 0.3) is 0 Å². The van der Waals surface area contributed by atoms with Gasteiger partial charge in [-0.25, -0.2) is 0 Å². The van der Waals surface area contributed by atoms with E-state index in [0.717, 1.165) is 36.0 Å². The van der Waals surface area contributed by atoms with Crippen molar-refractivity contribution in [2.75, 3.05) is 13.7 Å². The summed E-state index contributed by atoms with van der Waals surface area (Å²) in [4.78, 5) is 0. The van der Waals surface area contributed by atoms with E-state index in [1.165, 1.54) is 44.1 Å². The zero-order valence-corrected chi connectivity index (χ0v) is 12.6. The van der Waals surface area contributed by atoms with Crippen molar-refractivity contribution < 1.29 is 4.74 Å². The fourth-order valence-electron chi connectivity index (χ4n) is 4.73. The van der Waals surface area contributed by atoms with Crippen LogP contribution >= 0.6 is 0 Å². The molecule has 3 rings (SSSR count). The van der Waals surface area contributed by atoms with Crippen LogP contribution in [0, 0.1) is 17.8 Å². The minimum absolute atomic E-state index is 0.720. The highest BCUT2D eigenvalue weighted by molar-refractivity contribution is 5.30. The van der Waals surface area contributed by atoms with Crippen molar-refractivity contribution in [1.29, 1.82) is 0 Å². The molecule has 2 aliphatic carbocycles. The van der Waals surface area contributed by atoms with Gasteiger partial charge < -0.3 is 10.5 Å². The number of nitrogens with two attached hydrogens (primary N) is 1.